The Hall–Kier alpha value is -0.626. The van der Waals surface area contributed by atoms with Crippen LogP contribution in [0.25, 0.3) is 0 Å². The molecule has 3 aromatic rings. The zero-order valence-corrected chi connectivity index (χ0v) is 20.7. The Bertz CT molecular complexity index is 780. The molecule has 0 saturated heterocycles. The van der Waals surface area contributed by atoms with Gasteiger partial charge in [-0.2, -0.15) is 11.6 Å². The van der Waals surface area contributed by atoms with Crippen molar-refractivity contribution in [3.05, 3.63) is 100 Å². The summed E-state index contributed by atoms with van der Waals surface area (Å²) in [6.45, 7) is 8.97. The molecule has 0 aliphatic heterocycles. The van der Waals surface area contributed by atoms with Crippen LogP contribution in [0.15, 0.2) is 66.7 Å². The van der Waals surface area contributed by atoms with Gasteiger partial charge in [0.2, 0.25) is 0 Å². The van der Waals surface area contributed by atoms with Crippen LogP contribution in [0.2, 0.25) is 0 Å². The van der Waals surface area contributed by atoms with E-state index in [0.29, 0.717) is 11.8 Å². The molecule has 0 spiro atoms. The fourth-order valence-corrected chi connectivity index (χ4v) is 3.63. The molecule has 0 N–H and O–H groups in total. The van der Waals surface area contributed by atoms with Gasteiger partial charge in [0.15, 0.2) is 0 Å². The summed E-state index contributed by atoms with van der Waals surface area (Å²) in [5.74, 6) is 0.899. The molecule has 28 heavy (non-hydrogen) atoms. The van der Waals surface area contributed by atoms with Gasteiger partial charge in [-0.3, -0.25) is 0 Å². The minimum atomic E-state index is 0. The van der Waals surface area contributed by atoms with Crippen LogP contribution in [0, 0.1) is 13.8 Å². The molecule has 1 atom stereocenters. The van der Waals surface area contributed by atoms with E-state index >= 15 is 0 Å². The topological polar surface area (TPSA) is 0 Å². The van der Waals surface area contributed by atoms with Crippen molar-refractivity contribution in [2.45, 2.75) is 46.0 Å². The SMILES string of the molecule is CCC(C)c1ccc[c-]1C(c1cccc(C)c1)c1cccc(C)c1.[Cl-].[Cl-].[Cl-].[Ti+4]. The summed E-state index contributed by atoms with van der Waals surface area (Å²) >= 11 is 0. The number of halogens is 3. The third kappa shape index (κ3) is 6.72. The monoisotopic (exact) mass is 468 g/mol. The van der Waals surface area contributed by atoms with Crippen LogP contribution < -0.4 is 37.2 Å². The molecule has 0 amide bonds. The van der Waals surface area contributed by atoms with Crippen LogP contribution in [0.5, 0.6) is 0 Å². The van der Waals surface area contributed by atoms with Crippen molar-refractivity contribution >= 4 is 0 Å². The van der Waals surface area contributed by atoms with Gasteiger partial charge in [-0.05, 0) is 36.8 Å². The zero-order valence-electron chi connectivity index (χ0n) is 16.8. The molecule has 0 aromatic heterocycles. The first kappa shape index (κ1) is 29.6. The molecular formula is C24H27Cl3Ti. The van der Waals surface area contributed by atoms with E-state index < -0.39 is 0 Å². The quantitative estimate of drug-likeness (QED) is 0.292. The molecule has 0 nitrogen and oxygen atoms in total. The average Bonchev–Trinajstić information content (AvgIpc) is 3.04. The van der Waals surface area contributed by atoms with E-state index in [-0.39, 0.29) is 58.9 Å². The van der Waals surface area contributed by atoms with Crippen molar-refractivity contribution in [3.8, 4) is 0 Å². The first-order valence-electron chi connectivity index (χ1n) is 8.98. The van der Waals surface area contributed by atoms with Crippen molar-refractivity contribution in [1.29, 1.82) is 0 Å². The zero-order chi connectivity index (χ0) is 17.1. The maximum Gasteiger partial charge on any atom is 4.00 e. The summed E-state index contributed by atoms with van der Waals surface area (Å²) in [6.07, 6.45) is 1.17. The molecule has 0 fully saturated rings. The number of aryl methyl sites for hydroxylation is 2. The maximum atomic E-state index is 2.34. The minimum Gasteiger partial charge on any atom is -1.00 e. The van der Waals surface area contributed by atoms with Gasteiger partial charge in [-0.25, -0.2) is 12.1 Å². The summed E-state index contributed by atoms with van der Waals surface area (Å²) < 4.78 is 0. The second kappa shape index (κ2) is 13.6. The fraction of sp³-hybridized carbons (Fsp3) is 0.292. The molecule has 0 heterocycles. The summed E-state index contributed by atoms with van der Waals surface area (Å²) in [5.41, 5.74) is 8.36. The second-order valence-corrected chi connectivity index (χ2v) is 7.01. The molecule has 4 heteroatoms. The normalized spacial score (nSPS) is 10.8. The van der Waals surface area contributed by atoms with Gasteiger partial charge in [0.1, 0.15) is 0 Å². The predicted molar refractivity (Wildman–Crippen MR) is 104 cm³/mol. The summed E-state index contributed by atoms with van der Waals surface area (Å²) in [7, 11) is 0. The van der Waals surface area contributed by atoms with E-state index in [1.54, 1.807) is 0 Å². The largest absolute Gasteiger partial charge is 4.00 e. The molecule has 1 unspecified atom stereocenters. The average molecular weight is 470 g/mol. The third-order valence-electron chi connectivity index (χ3n) is 5.09. The van der Waals surface area contributed by atoms with E-state index in [4.69, 9.17) is 0 Å². The van der Waals surface area contributed by atoms with E-state index in [0.717, 1.165) is 0 Å². The van der Waals surface area contributed by atoms with E-state index in [1.807, 2.05) is 0 Å². The standard InChI is InChI=1S/C24H27.3ClH.Ti/c1-5-19(4)22-13-8-14-23(22)24(20-11-6-9-17(2)15-20)21-12-7-10-18(3)16-21;;;;/h6-16,19,24H,5H2,1-4H3;3*1H;/q-1;;;;+4/p-3. The summed E-state index contributed by atoms with van der Waals surface area (Å²) in [4.78, 5) is 0. The number of hydrogen-bond donors (Lipinski definition) is 0. The van der Waals surface area contributed by atoms with Gasteiger partial charge in [-0.1, -0.05) is 79.9 Å². The van der Waals surface area contributed by atoms with Crippen molar-refractivity contribution < 1.29 is 58.9 Å². The third-order valence-corrected chi connectivity index (χ3v) is 5.09. The predicted octanol–water partition coefficient (Wildman–Crippen LogP) is -2.27. The molecule has 3 rings (SSSR count). The van der Waals surface area contributed by atoms with Crippen LogP contribution in [0.1, 0.15) is 65.5 Å². The Morgan fingerprint density at radius 1 is 0.786 bits per heavy atom. The van der Waals surface area contributed by atoms with Gasteiger partial charge in [0.05, 0.1) is 0 Å². The molecule has 0 aliphatic rings. The smallest absolute Gasteiger partial charge is 1.00 e. The second-order valence-electron chi connectivity index (χ2n) is 7.01. The Morgan fingerprint density at radius 3 is 1.71 bits per heavy atom. The molecule has 0 aliphatic carbocycles. The fourth-order valence-electron chi connectivity index (χ4n) is 3.63. The van der Waals surface area contributed by atoms with Gasteiger partial charge < -0.3 is 37.2 Å². The van der Waals surface area contributed by atoms with Crippen molar-refractivity contribution in [3.63, 3.8) is 0 Å². The first-order chi connectivity index (χ1) is 11.6. The van der Waals surface area contributed by atoms with Gasteiger partial charge in [0.25, 0.3) is 0 Å². The van der Waals surface area contributed by atoms with Crippen LogP contribution >= 0.6 is 0 Å². The van der Waals surface area contributed by atoms with Crippen LogP contribution in [0.3, 0.4) is 0 Å². The Kier molecular flexibility index (Phi) is 14.3. The van der Waals surface area contributed by atoms with Crippen LogP contribution in [-0.4, -0.2) is 0 Å². The van der Waals surface area contributed by atoms with Gasteiger partial charge in [-0.15, -0.1) is 5.56 Å². The Labute approximate surface area is 204 Å². The minimum absolute atomic E-state index is 0. The van der Waals surface area contributed by atoms with E-state index in [9.17, 15) is 0 Å². The molecule has 0 radical (unpaired) electrons. The van der Waals surface area contributed by atoms with Crippen LogP contribution in [-0.2, 0) is 21.7 Å². The van der Waals surface area contributed by atoms with Crippen molar-refractivity contribution in [2.24, 2.45) is 0 Å². The molecule has 148 valence electrons. The summed E-state index contributed by atoms with van der Waals surface area (Å²) in [5, 5.41) is 0. The van der Waals surface area contributed by atoms with E-state index in [2.05, 4.69) is 94.4 Å². The van der Waals surface area contributed by atoms with Gasteiger partial charge >= 0.3 is 21.7 Å². The number of hydrogen-bond acceptors (Lipinski definition) is 0. The first-order valence-corrected chi connectivity index (χ1v) is 8.98. The molecule has 0 bridgehead atoms. The van der Waals surface area contributed by atoms with Crippen molar-refractivity contribution in [2.75, 3.05) is 0 Å². The summed E-state index contributed by atoms with van der Waals surface area (Å²) in [6, 6.07) is 24.8. The van der Waals surface area contributed by atoms with Crippen molar-refractivity contribution in [1.82, 2.24) is 0 Å². The molecular weight excluding hydrogens is 442 g/mol. The Morgan fingerprint density at radius 2 is 1.29 bits per heavy atom. The molecule has 0 saturated carbocycles. The van der Waals surface area contributed by atoms with Gasteiger partial charge in [0, 0.05) is 0 Å². The van der Waals surface area contributed by atoms with E-state index in [1.165, 1.54) is 39.8 Å². The van der Waals surface area contributed by atoms with Crippen LogP contribution in [0.4, 0.5) is 0 Å². The maximum absolute atomic E-state index is 2.34. The number of rotatable bonds is 5. The molecule has 3 aromatic carbocycles. The Balaban J connectivity index is 0. The number of benzene rings is 2.